The van der Waals surface area contributed by atoms with E-state index in [1.165, 1.54) is 10.7 Å². The summed E-state index contributed by atoms with van der Waals surface area (Å²) in [6.45, 7) is 2.60. The molecule has 2 fully saturated rings. The maximum absolute atomic E-state index is 12.8. The Morgan fingerprint density at radius 1 is 1.26 bits per heavy atom. The maximum Gasteiger partial charge on any atom is 0.356 e. The van der Waals surface area contributed by atoms with Gasteiger partial charge in [-0.3, -0.25) is 9.59 Å². The van der Waals surface area contributed by atoms with Crippen LogP contribution in [-0.2, 0) is 4.79 Å². The van der Waals surface area contributed by atoms with E-state index < -0.39 is 11.9 Å². The molecule has 27 heavy (non-hydrogen) atoms. The zero-order chi connectivity index (χ0) is 19.1. The lowest BCUT2D eigenvalue weighted by Gasteiger charge is -2.17. The second-order valence-electron chi connectivity index (χ2n) is 7.17. The molecular formula is C19H20N4O4. The number of aromatic nitrogens is 2. The number of benzene rings is 1. The van der Waals surface area contributed by atoms with Crippen LogP contribution in [0.2, 0.25) is 0 Å². The first kappa shape index (κ1) is 17.3. The van der Waals surface area contributed by atoms with E-state index in [4.69, 9.17) is 0 Å². The smallest absolute Gasteiger partial charge is 0.356 e. The van der Waals surface area contributed by atoms with E-state index in [1.807, 2.05) is 11.0 Å². The Balaban J connectivity index is 1.55. The average Bonchev–Trinajstić information content (AvgIpc) is 3.06. The molecule has 8 heteroatoms. The molecule has 2 aromatic rings. The number of hydrogen-bond donors (Lipinski definition) is 2. The van der Waals surface area contributed by atoms with Gasteiger partial charge in [0.15, 0.2) is 5.69 Å². The average molecular weight is 368 g/mol. The van der Waals surface area contributed by atoms with Gasteiger partial charge in [-0.1, -0.05) is 25.1 Å². The topological polar surface area (TPSA) is 105 Å². The highest BCUT2D eigenvalue weighted by Gasteiger charge is 2.45. The van der Waals surface area contributed by atoms with Crippen molar-refractivity contribution in [1.29, 1.82) is 0 Å². The van der Waals surface area contributed by atoms with Gasteiger partial charge in [0, 0.05) is 25.1 Å². The first-order chi connectivity index (χ1) is 12.9. The summed E-state index contributed by atoms with van der Waals surface area (Å²) >= 11 is 0. The van der Waals surface area contributed by atoms with Crippen molar-refractivity contribution in [2.75, 3.05) is 6.54 Å². The molecule has 2 N–H and O–H groups in total. The summed E-state index contributed by atoms with van der Waals surface area (Å²) < 4.78 is 1.32. The number of carboxylic acid groups (broad SMARTS) is 1. The number of para-hydroxylation sites is 1. The summed E-state index contributed by atoms with van der Waals surface area (Å²) in [4.78, 5) is 38.1. The monoisotopic (exact) mass is 368 g/mol. The van der Waals surface area contributed by atoms with Gasteiger partial charge in [-0.15, -0.1) is 0 Å². The molecule has 4 rings (SSSR count). The lowest BCUT2D eigenvalue weighted by atomic mass is 10.2. The van der Waals surface area contributed by atoms with Crippen molar-refractivity contribution in [1.82, 2.24) is 20.0 Å². The highest BCUT2D eigenvalue weighted by Crippen LogP contribution is 2.37. The molecule has 1 aromatic heterocycles. The van der Waals surface area contributed by atoms with Gasteiger partial charge in [0.1, 0.15) is 5.69 Å². The van der Waals surface area contributed by atoms with Crippen molar-refractivity contribution >= 4 is 17.8 Å². The Labute approximate surface area is 155 Å². The van der Waals surface area contributed by atoms with Crippen molar-refractivity contribution in [2.24, 2.45) is 5.92 Å². The molecule has 2 amide bonds. The molecule has 1 aliphatic carbocycles. The van der Waals surface area contributed by atoms with Gasteiger partial charge in [-0.25, -0.2) is 9.48 Å². The number of carbonyl (C=O) groups excluding carboxylic acids is 2. The highest BCUT2D eigenvalue weighted by atomic mass is 16.4. The molecule has 3 atom stereocenters. The van der Waals surface area contributed by atoms with Crippen LogP contribution in [-0.4, -0.2) is 56.2 Å². The summed E-state index contributed by atoms with van der Waals surface area (Å²) in [6, 6.07) is 10.1. The molecule has 140 valence electrons. The maximum atomic E-state index is 12.8. The number of nitrogens with zero attached hydrogens (tertiary/aromatic N) is 3. The third-order valence-corrected chi connectivity index (χ3v) is 5.12. The Bertz CT molecular complexity index is 908. The number of likely N-dealkylation sites (tertiary alicyclic amines) is 1. The zero-order valence-electron chi connectivity index (χ0n) is 14.8. The minimum atomic E-state index is -1.20. The van der Waals surface area contributed by atoms with Crippen molar-refractivity contribution in [3.05, 3.63) is 47.8 Å². The summed E-state index contributed by atoms with van der Waals surface area (Å²) in [5.74, 6) is -1.08. The number of hydrogen-bond acceptors (Lipinski definition) is 4. The Kier molecular flexibility index (Phi) is 4.18. The first-order valence-corrected chi connectivity index (χ1v) is 8.93. The zero-order valence-corrected chi connectivity index (χ0v) is 14.8. The van der Waals surface area contributed by atoms with Gasteiger partial charge in [0.25, 0.3) is 5.91 Å². The lowest BCUT2D eigenvalue weighted by Crippen LogP contribution is -2.38. The van der Waals surface area contributed by atoms with Crippen LogP contribution in [0.25, 0.3) is 5.69 Å². The fourth-order valence-corrected chi connectivity index (χ4v) is 3.56. The SMILES string of the molecule is C[C@@H]1C[C@@H]1N1C[C@H](NC(=O)c2cc(C(=O)O)nn2-c2ccccc2)CC1=O. The van der Waals surface area contributed by atoms with E-state index in [2.05, 4.69) is 17.3 Å². The summed E-state index contributed by atoms with van der Waals surface area (Å²) in [6.07, 6.45) is 1.27. The molecular weight excluding hydrogens is 348 g/mol. The van der Waals surface area contributed by atoms with Gasteiger partial charge in [0.2, 0.25) is 5.91 Å². The van der Waals surface area contributed by atoms with E-state index in [0.717, 1.165) is 6.42 Å². The van der Waals surface area contributed by atoms with Gasteiger partial charge >= 0.3 is 5.97 Å². The number of nitrogens with one attached hydrogen (secondary N) is 1. The van der Waals surface area contributed by atoms with Crippen LogP contribution in [0.5, 0.6) is 0 Å². The number of aromatic carboxylic acids is 1. The molecule has 1 aromatic carbocycles. The predicted molar refractivity (Wildman–Crippen MR) is 95.7 cm³/mol. The Hall–Kier alpha value is -3.16. The lowest BCUT2D eigenvalue weighted by molar-refractivity contribution is -0.128. The molecule has 2 heterocycles. The first-order valence-electron chi connectivity index (χ1n) is 8.93. The molecule has 0 unspecified atom stereocenters. The predicted octanol–water partition coefficient (Wildman–Crippen LogP) is 1.31. The van der Waals surface area contributed by atoms with Gasteiger partial charge in [0.05, 0.1) is 11.7 Å². The van der Waals surface area contributed by atoms with Crippen LogP contribution in [0.1, 0.15) is 40.7 Å². The molecule has 0 spiro atoms. The minimum Gasteiger partial charge on any atom is -0.476 e. The van der Waals surface area contributed by atoms with Crippen molar-refractivity contribution in [2.45, 2.75) is 31.8 Å². The van der Waals surface area contributed by atoms with E-state index in [9.17, 15) is 19.5 Å². The molecule has 0 bridgehead atoms. The third-order valence-electron chi connectivity index (χ3n) is 5.12. The quantitative estimate of drug-likeness (QED) is 0.828. The summed E-state index contributed by atoms with van der Waals surface area (Å²) in [7, 11) is 0. The second-order valence-corrected chi connectivity index (χ2v) is 7.17. The van der Waals surface area contributed by atoms with Crippen LogP contribution in [0, 0.1) is 5.92 Å². The van der Waals surface area contributed by atoms with Crippen molar-refractivity contribution < 1.29 is 19.5 Å². The van der Waals surface area contributed by atoms with E-state index >= 15 is 0 Å². The molecule has 2 aliphatic rings. The van der Waals surface area contributed by atoms with E-state index in [-0.39, 0.29) is 35.8 Å². The highest BCUT2D eigenvalue weighted by molar-refractivity contribution is 5.97. The van der Waals surface area contributed by atoms with Crippen LogP contribution in [0.4, 0.5) is 0 Å². The fraction of sp³-hybridized carbons (Fsp3) is 0.368. The largest absolute Gasteiger partial charge is 0.476 e. The number of carbonyl (C=O) groups is 3. The Morgan fingerprint density at radius 3 is 2.59 bits per heavy atom. The van der Waals surface area contributed by atoms with Crippen LogP contribution in [0.15, 0.2) is 36.4 Å². The number of carboxylic acids is 1. The molecule has 1 saturated carbocycles. The molecule has 1 saturated heterocycles. The molecule has 8 nitrogen and oxygen atoms in total. The normalized spacial score (nSPS) is 24.1. The minimum absolute atomic E-state index is 0.0532. The van der Waals surface area contributed by atoms with Crippen molar-refractivity contribution in [3.8, 4) is 5.69 Å². The summed E-state index contributed by atoms with van der Waals surface area (Å²) in [5, 5.41) is 16.1. The third kappa shape index (κ3) is 3.30. The standard InChI is InChI=1S/C19H20N4O4/c1-11-7-15(11)22-10-12(8-17(22)24)20-18(25)16-9-14(19(26)27)21-23(16)13-5-3-2-4-6-13/h2-6,9,11-12,15H,7-8,10H2,1H3,(H,20,25)(H,26,27)/t11-,12-,15+/m1/s1. The second kappa shape index (κ2) is 6.53. The fourth-order valence-electron chi connectivity index (χ4n) is 3.56. The van der Waals surface area contributed by atoms with Crippen LogP contribution < -0.4 is 5.32 Å². The Morgan fingerprint density at radius 2 is 1.96 bits per heavy atom. The number of rotatable bonds is 5. The van der Waals surface area contributed by atoms with Crippen LogP contribution >= 0.6 is 0 Å². The molecule has 0 radical (unpaired) electrons. The van der Waals surface area contributed by atoms with Gasteiger partial charge < -0.3 is 15.3 Å². The van der Waals surface area contributed by atoms with Crippen molar-refractivity contribution in [3.63, 3.8) is 0 Å². The summed E-state index contributed by atoms with van der Waals surface area (Å²) in [5.41, 5.74) is 0.510. The van der Waals surface area contributed by atoms with E-state index in [0.29, 0.717) is 18.2 Å². The van der Waals surface area contributed by atoms with E-state index in [1.54, 1.807) is 24.3 Å². The van der Waals surface area contributed by atoms with Gasteiger partial charge in [-0.05, 0) is 24.5 Å². The molecule has 1 aliphatic heterocycles. The van der Waals surface area contributed by atoms with Crippen LogP contribution in [0.3, 0.4) is 0 Å². The number of amides is 2. The van der Waals surface area contributed by atoms with Gasteiger partial charge in [-0.2, -0.15) is 5.10 Å².